The molecule has 118 valence electrons. The summed E-state index contributed by atoms with van der Waals surface area (Å²) >= 11 is 0. The van der Waals surface area contributed by atoms with Crippen molar-refractivity contribution in [3.05, 3.63) is 22.9 Å². The fraction of sp³-hybridized carbons (Fsp3) is 0.500. The van der Waals surface area contributed by atoms with E-state index in [2.05, 4.69) is 11.0 Å². The minimum Gasteiger partial charge on any atom is -0.398 e. The van der Waals surface area contributed by atoms with E-state index in [1.807, 2.05) is 6.07 Å². The lowest BCUT2D eigenvalue weighted by molar-refractivity contribution is 0.573. The van der Waals surface area contributed by atoms with Crippen molar-refractivity contribution >= 4 is 22.5 Å². The third kappa shape index (κ3) is 2.39. The maximum absolute atomic E-state index is 9.56. The summed E-state index contributed by atoms with van der Waals surface area (Å²) < 4.78 is 0. The van der Waals surface area contributed by atoms with Crippen LogP contribution in [0.4, 0.5) is 11.5 Å². The molecule has 2 aromatic heterocycles. The molecule has 0 amide bonds. The number of nitrogen functional groups attached to an aromatic ring is 1. The Morgan fingerprint density at radius 1 is 1.04 bits per heavy atom. The Morgan fingerprint density at radius 3 is 2.61 bits per heavy atom. The Morgan fingerprint density at radius 2 is 1.83 bits per heavy atom. The Labute approximate surface area is 136 Å². The third-order valence-corrected chi connectivity index (χ3v) is 5.05. The predicted octanol–water partition coefficient (Wildman–Crippen LogP) is 2.95. The van der Waals surface area contributed by atoms with Crippen LogP contribution in [-0.4, -0.2) is 23.1 Å². The number of nitrogens with two attached hydrogens (primary N) is 1. The van der Waals surface area contributed by atoms with Crippen molar-refractivity contribution in [2.24, 2.45) is 0 Å². The maximum Gasteiger partial charge on any atom is 0.163 e. The van der Waals surface area contributed by atoms with Crippen LogP contribution < -0.4 is 10.6 Å². The van der Waals surface area contributed by atoms with Crippen LogP contribution in [-0.2, 0) is 12.8 Å². The Kier molecular flexibility index (Phi) is 3.53. The van der Waals surface area contributed by atoms with Crippen molar-refractivity contribution < 1.29 is 0 Å². The van der Waals surface area contributed by atoms with Gasteiger partial charge in [-0.15, -0.1) is 0 Å². The van der Waals surface area contributed by atoms with Gasteiger partial charge in [-0.05, 0) is 56.6 Å². The average molecular weight is 307 g/mol. The first-order valence-corrected chi connectivity index (χ1v) is 8.55. The van der Waals surface area contributed by atoms with Crippen LogP contribution in [0, 0.1) is 11.3 Å². The Bertz CT molecular complexity index is 799. The van der Waals surface area contributed by atoms with Gasteiger partial charge in [-0.25, -0.2) is 9.97 Å². The third-order valence-electron chi connectivity index (χ3n) is 5.05. The van der Waals surface area contributed by atoms with Crippen molar-refractivity contribution in [2.45, 2.75) is 44.9 Å². The smallest absolute Gasteiger partial charge is 0.163 e. The minimum atomic E-state index is 0.614. The fourth-order valence-corrected chi connectivity index (χ4v) is 3.80. The highest BCUT2D eigenvalue weighted by Crippen LogP contribution is 2.33. The normalized spacial score (nSPS) is 17.8. The van der Waals surface area contributed by atoms with Gasteiger partial charge in [0.05, 0.1) is 5.56 Å². The number of rotatable bonds is 1. The molecule has 1 aliphatic heterocycles. The molecule has 0 unspecified atom stereocenters. The van der Waals surface area contributed by atoms with Crippen LogP contribution >= 0.6 is 0 Å². The minimum absolute atomic E-state index is 0.614. The van der Waals surface area contributed by atoms with E-state index < -0.39 is 0 Å². The number of fused-ring (bicyclic) bond motifs is 2. The van der Waals surface area contributed by atoms with Gasteiger partial charge >= 0.3 is 0 Å². The quantitative estimate of drug-likeness (QED) is 0.876. The summed E-state index contributed by atoms with van der Waals surface area (Å²) in [6.45, 7) is 1.93. The zero-order valence-electron chi connectivity index (χ0n) is 13.3. The highest BCUT2D eigenvalue weighted by molar-refractivity contribution is 5.92. The molecule has 4 rings (SSSR count). The van der Waals surface area contributed by atoms with Gasteiger partial charge in [-0.3, -0.25) is 0 Å². The number of anilines is 2. The van der Waals surface area contributed by atoms with E-state index in [0.717, 1.165) is 67.8 Å². The molecule has 0 saturated carbocycles. The van der Waals surface area contributed by atoms with Crippen LogP contribution in [0.1, 0.15) is 48.9 Å². The number of aryl methyl sites for hydroxylation is 1. The van der Waals surface area contributed by atoms with E-state index in [1.165, 1.54) is 18.4 Å². The van der Waals surface area contributed by atoms with Crippen LogP contribution in [0.25, 0.3) is 11.0 Å². The Balaban J connectivity index is 1.90. The van der Waals surface area contributed by atoms with Crippen molar-refractivity contribution in [1.29, 1.82) is 5.26 Å². The second kappa shape index (κ2) is 5.69. The van der Waals surface area contributed by atoms with Crippen LogP contribution in [0.15, 0.2) is 6.07 Å². The highest BCUT2D eigenvalue weighted by Gasteiger charge is 2.21. The first kappa shape index (κ1) is 14.3. The molecule has 2 N–H and O–H groups in total. The molecule has 5 nitrogen and oxygen atoms in total. The molecule has 0 spiro atoms. The summed E-state index contributed by atoms with van der Waals surface area (Å²) in [6.07, 6.45) is 7.87. The van der Waals surface area contributed by atoms with Gasteiger partial charge in [-0.1, -0.05) is 0 Å². The number of nitrogens with zero attached hydrogens (tertiary/aromatic N) is 4. The van der Waals surface area contributed by atoms with Gasteiger partial charge in [0.1, 0.15) is 11.9 Å². The largest absolute Gasteiger partial charge is 0.398 e. The molecular formula is C18H21N5. The van der Waals surface area contributed by atoms with Gasteiger partial charge < -0.3 is 10.6 Å². The molecule has 1 aliphatic carbocycles. The zero-order valence-corrected chi connectivity index (χ0v) is 13.3. The SMILES string of the molecule is N#Cc1cc2c(N)c3c(nc2nc1N1CCCCC1)CCCC3. The predicted molar refractivity (Wildman–Crippen MR) is 91.4 cm³/mol. The van der Waals surface area contributed by atoms with Crippen molar-refractivity contribution in [1.82, 2.24) is 9.97 Å². The van der Waals surface area contributed by atoms with Gasteiger partial charge in [0, 0.05) is 29.9 Å². The van der Waals surface area contributed by atoms with Crippen molar-refractivity contribution in [2.75, 3.05) is 23.7 Å². The second-order valence-electron chi connectivity index (χ2n) is 6.55. The number of hydrogen-bond donors (Lipinski definition) is 1. The molecule has 5 heteroatoms. The zero-order chi connectivity index (χ0) is 15.8. The molecule has 0 aromatic carbocycles. The molecule has 0 atom stereocenters. The van der Waals surface area contributed by atoms with Crippen LogP contribution in [0.2, 0.25) is 0 Å². The van der Waals surface area contributed by atoms with Gasteiger partial charge in [0.2, 0.25) is 0 Å². The molecule has 1 saturated heterocycles. The first-order chi connectivity index (χ1) is 11.3. The molecule has 23 heavy (non-hydrogen) atoms. The summed E-state index contributed by atoms with van der Waals surface area (Å²) in [5, 5.41) is 10.4. The Hall–Kier alpha value is -2.35. The first-order valence-electron chi connectivity index (χ1n) is 8.55. The summed E-state index contributed by atoms with van der Waals surface area (Å²) in [5.41, 5.74) is 10.7. The number of hydrogen-bond acceptors (Lipinski definition) is 5. The standard InChI is InChI=1S/C18H21N5/c19-11-12-10-14-16(20)13-6-2-3-7-15(13)21-17(14)22-18(12)23-8-4-1-5-9-23/h10H,1-9H2,(H2,20,21,22). The van der Waals surface area contributed by atoms with E-state index in [-0.39, 0.29) is 0 Å². The topological polar surface area (TPSA) is 78.8 Å². The lowest BCUT2D eigenvalue weighted by Crippen LogP contribution is -2.31. The van der Waals surface area contributed by atoms with Gasteiger partial charge in [-0.2, -0.15) is 5.26 Å². The van der Waals surface area contributed by atoms with Gasteiger partial charge in [0.25, 0.3) is 0 Å². The summed E-state index contributed by atoms with van der Waals surface area (Å²) in [7, 11) is 0. The number of piperidine rings is 1. The molecule has 3 heterocycles. The monoisotopic (exact) mass is 307 g/mol. The molecule has 2 aliphatic rings. The fourth-order valence-electron chi connectivity index (χ4n) is 3.80. The summed E-state index contributed by atoms with van der Waals surface area (Å²) in [6, 6.07) is 4.20. The average Bonchev–Trinajstić information content (AvgIpc) is 2.62. The van der Waals surface area contributed by atoms with Crippen molar-refractivity contribution in [3.63, 3.8) is 0 Å². The summed E-state index contributed by atoms with van der Waals surface area (Å²) in [4.78, 5) is 11.8. The molecule has 0 bridgehead atoms. The summed E-state index contributed by atoms with van der Waals surface area (Å²) in [5.74, 6) is 0.780. The number of pyridine rings is 2. The van der Waals surface area contributed by atoms with Crippen LogP contribution in [0.3, 0.4) is 0 Å². The van der Waals surface area contributed by atoms with E-state index in [4.69, 9.17) is 15.7 Å². The molecule has 0 radical (unpaired) electrons. The highest BCUT2D eigenvalue weighted by atomic mass is 15.2. The van der Waals surface area contributed by atoms with E-state index in [9.17, 15) is 5.26 Å². The van der Waals surface area contributed by atoms with Crippen molar-refractivity contribution in [3.8, 4) is 6.07 Å². The van der Waals surface area contributed by atoms with E-state index in [0.29, 0.717) is 11.2 Å². The number of aromatic nitrogens is 2. The van der Waals surface area contributed by atoms with E-state index >= 15 is 0 Å². The molecule has 2 aromatic rings. The second-order valence-corrected chi connectivity index (χ2v) is 6.55. The van der Waals surface area contributed by atoms with Crippen LogP contribution in [0.5, 0.6) is 0 Å². The van der Waals surface area contributed by atoms with Gasteiger partial charge in [0.15, 0.2) is 5.65 Å². The molecular weight excluding hydrogens is 286 g/mol. The molecule has 1 fully saturated rings. The lowest BCUT2D eigenvalue weighted by atomic mass is 9.93. The van der Waals surface area contributed by atoms with E-state index in [1.54, 1.807) is 0 Å². The lowest BCUT2D eigenvalue weighted by Gasteiger charge is -2.28. The number of nitriles is 1. The maximum atomic E-state index is 9.56.